The van der Waals surface area contributed by atoms with Gasteiger partial charge in [0.1, 0.15) is 22.8 Å². The molecule has 0 aliphatic heterocycles. The van der Waals surface area contributed by atoms with Crippen LogP contribution in [0.4, 0.5) is 17.3 Å². The fourth-order valence-electron chi connectivity index (χ4n) is 6.14. The fraction of sp³-hybridized carbons (Fsp3) is 0.214. The summed E-state index contributed by atoms with van der Waals surface area (Å²) in [5.74, 6) is -6.84. The summed E-state index contributed by atoms with van der Waals surface area (Å²) in [4.78, 5) is 55.6. The van der Waals surface area contributed by atoms with Crippen LogP contribution in [0.3, 0.4) is 0 Å². The maximum Gasteiger partial charge on any atom is 0.270 e. The van der Waals surface area contributed by atoms with Gasteiger partial charge in [0, 0.05) is 35.6 Å². The smallest absolute Gasteiger partial charge is 0.270 e. The first kappa shape index (κ1) is 26.7. The number of phenols is 1. The van der Waals surface area contributed by atoms with Crippen LogP contribution in [0.5, 0.6) is 5.75 Å². The van der Waals surface area contributed by atoms with Crippen molar-refractivity contribution in [3.63, 3.8) is 0 Å². The molecule has 2 aromatic carbocycles. The fourth-order valence-corrected chi connectivity index (χ4v) is 6.14. The van der Waals surface area contributed by atoms with Gasteiger partial charge in [0.25, 0.3) is 11.6 Å². The molecule has 8 N–H and O–H groups in total. The second-order valence-corrected chi connectivity index (χ2v) is 10.5. The zero-order valence-corrected chi connectivity index (χ0v) is 21.6. The molecule has 1 fully saturated rings. The number of anilines is 2. The highest BCUT2D eigenvalue weighted by Gasteiger charge is 2.60. The normalized spacial score (nSPS) is 23.3. The Bertz CT molecular complexity index is 1810. The predicted molar refractivity (Wildman–Crippen MR) is 145 cm³/mol. The molecule has 0 bridgehead atoms. The number of aromatic nitrogens is 2. The summed E-state index contributed by atoms with van der Waals surface area (Å²) in [6, 6.07) is 9.09. The Labute approximate surface area is 236 Å². The van der Waals surface area contributed by atoms with Gasteiger partial charge in [-0.2, -0.15) is 0 Å². The van der Waals surface area contributed by atoms with Crippen molar-refractivity contribution in [2.45, 2.75) is 24.9 Å². The van der Waals surface area contributed by atoms with E-state index in [2.05, 4.69) is 15.3 Å². The molecule has 1 amide bonds. The van der Waals surface area contributed by atoms with Crippen LogP contribution in [0.1, 0.15) is 24.0 Å². The first-order chi connectivity index (χ1) is 19.9. The number of nitrogens with zero attached hydrogens (tertiary/aromatic N) is 2. The molecule has 3 atom stereocenters. The van der Waals surface area contributed by atoms with E-state index >= 15 is 0 Å². The number of rotatable bonds is 5. The molecule has 214 valence electrons. The zero-order valence-electron chi connectivity index (χ0n) is 21.6. The number of non-ortho nitro benzene ring substituents is 1. The van der Waals surface area contributed by atoms with Crippen LogP contribution in [0.25, 0.3) is 17.0 Å². The number of nitro groups is 1. The number of Topliss-reactive ketones (excluding diaryl/α,β-unsaturated/α-hetero) is 2. The number of H-pyrrole nitrogens is 1. The van der Waals surface area contributed by atoms with Crippen LogP contribution < -0.4 is 11.1 Å². The average Bonchev–Trinajstić information content (AvgIpc) is 3.41. The number of aliphatic hydroxyl groups is 3. The lowest BCUT2D eigenvalue weighted by atomic mass is 9.59. The molecule has 1 saturated carbocycles. The third-order valence-electron chi connectivity index (χ3n) is 8.13. The number of carbonyl (C=O) groups is 3. The zero-order chi connectivity index (χ0) is 30.1. The summed E-state index contributed by atoms with van der Waals surface area (Å²) >= 11 is 0. The Morgan fingerprint density at radius 1 is 1.17 bits per heavy atom. The number of benzene rings is 2. The third-order valence-corrected chi connectivity index (χ3v) is 8.13. The van der Waals surface area contributed by atoms with E-state index in [1.807, 2.05) is 0 Å². The van der Waals surface area contributed by atoms with Crippen LogP contribution in [0.2, 0.25) is 0 Å². The molecular formula is C28H23N5O9. The van der Waals surface area contributed by atoms with Gasteiger partial charge in [0.2, 0.25) is 11.7 Å². The molecule has 0 radical (unpaired) electrons. The summed E-state index contributed by atoms with van der Waals surface area (Å²) in [6.07, 6.45) is 1.27. The second kappa shape index (κ2) is 9.27. The number of amides is 1. The Balaban J connectivity index is 1.36. The second-order valence-electron chi connectivity index (χ2n) is 10.5. The Morgan fingerprint density at radius 3 is 2.64 bits per heavy atom. The van der Waals surface area contributed by atoms with Crippen molar-refractivity contribution in [2.24, 2.45) is 17.6 Å². The van der Waals surface area contributed by atoms with Gasteiger partial charge in [-0.3, -0.25) is 24.5 Å². The van der Waals surface area contributed by atoms with E-state index in [0.29, 0.717) is 16.8 Å². The number of hydrogen-bond donors (Lipinski definition) is 7. The predicted octanol–water partition coefficient (Wildman–Crippen LogP) is 2.47. The lowest BCUT2D eigenvalue weighted by Crippen LogP contribution is -2.58. The highest BCUT2D eigenvalue weighted by molar-refractivity contribution is 6.22. The summed E-state index contributed by atoms with van der Waals surface area (Å²) in [7, 11) is 0. The minimum absolute atomic E-state index is 0.0382. The molecule has 0 unspecified atom stereocenters. The number of aromatic amines is 1. The number of nitrogens with one attached hydrogen (secondary N) is 2. The van der Waals surface area contributed by atoms with Crippen LogP contribution in [0, 0.1) is 22.0 Å². The van der Waals surface area contributed by atoms with Crippen molar-refractivity contribution in [1.29, 1.82) is 0 Å². The minimum Gasteiger partial charge on any atom is -0.508 e. The molecule has 3 aliphatic carbocycles. The van der Waals surface area contributed by atoms with E-state index in [4.69, 9.17) is 5.73 Å². The molecule has 14 heteroatoms. The van der Waals surface area contributed by atoms with Crippen molar-refractivity contribution in [1.82, 2.24) is 9.97 Å². The Hall–Kier alpha value is -5.50. The molecule has 0 saturated heterocycles. The molecular weight excluding hydrogens is 550 g/mol. The van der Waals surface area contributed by atoms with Crippen molar-refractivity contribution >= 4 is 40.6 Å². The number of phenolic OH excluding ortho intramolecular Hbond substituents is 1. The summed E-state index contributed by atoms with van der Waals surface area (Å²) in [6.45, 7) is 0. The molecule has 42 heavy (non-hydrogen) atoms. The van der Waals surface area contributed by atoms with Crippen molar-refractivity contribution < 1.29 is 39.7 Å². The standard InChI is InChI=1S/C28H23N5O9/c29-26(39)21-18(34)9-14-7-13-6-12-4-5-16(22(35)19(12)23(36)20(13)24(37)28(14,40)25(21)38)31-27-30-10-17(32-27)11-2-1-3-15(8-11)33(41)42/h1-5,8,10,13-14,35-36,38,40H,6-7,9H2,(H2,29,39)(H2,30,31,32)/t13-,14-,28-/m0/s1. The van der Waals surface area contributed by atoms with Gasteiger partial charge in [0.15, 0.2) is 11.4 Å². The maximum atomic E-state index is 13.6. The van der Waals surface area contributed by atoms with Gasteiger partial charge in [-0.1, -0.05) is 18.2 Å². The van der Waals surface area contributed by atoms with Crippen LogP contribution in [-0.2, 0) is 20.8 Å². The summed E-state index contributed by atoms with van der Waals surface area (Å²) < 4.78 is 0. The van der Waals surface area contributed by atoms with Crippen LogP contribution in [0.15, 0.2) is 59.5 Å². The molecule has 0 spiro atoms. The molecule has 3 aliphatic rings. The molecule has 1 heterocycles. The van der Waals surface area contributed by atoms with Gasteiger partial charge in [-0.15, -0.1) is 0 Å². The topological polar surface area (TPSA) is 242 Å². The number of hydrogen-bond acceptors (Lipinski definition) is 11. The van der Waals surface area contributed by atoms with Gasteiger partial charge in [-0.25, -0.2) is 4.98 Å². The Morgan fingerprint density at radius 2 is 1.93 bits per heavy atom. The van der Waals surface area contributed by atoms with E-state index in [0.717, 1.165) is 0 Å². The first-order valence-electron chi connectivity index (χ1n) is 12.8. The number of ketones is 2. The summed E-state index contributed by atoms with van der Waals surface area (Å²) in [5, 5.41) is 58.4. The minimum atomic E-state index is -2.64. The van der Waals surface area contributed by atoms with Crippen molar-refractivity contribution in [2.75, 3.05) is 5.32 Å². The monoisotopic (exact) mass is 573 g/mol. The van der Waals surface area contributed by atoms with Gasteiger partial charge in [0.05, 0.1) is 28.1 Å². The number of carbonyl (C=O) groups excluding carboxylic acids is 3. The lowest BCUT2D eigenvalue weighted by molar-refractivity contribution is -0.384. The number of fused-ring (bicyclic) bond motifs is 3. The largest absolute Gasteiger partial charge is 0.508 e. The molecule has 1 aromatic heterocycles. The quantitative estimate of drug-likeness (QED) is 0.101. The van der Waals surface area contributed by atoms with E-state index in [1.165, 1.54) is 24.4 Å². The maximum absolute atomic E-state index is 13.6. The van der Waals surface area contributed by atoms with Gasteiger partial charge < -0.3 is 36.5 Å². The molecule has 6 rings (SSSR count). The van der Waals surface area contributed by atoms with Crippen LogP contribution >= 0.6 is 0 Å². The van der Waals surface area contributed by atoms with Crippen LogP contribution in [-0.4, -0.2) is 58.4 Å². The molecule has 3 aromatic rings. The third kappa shape index (κ3) is 3.83. The molecule has 14 nitrogen and oxygen atoms in total. The number of aliphatic hydroxyl groups excluding tert-OH is 2. The number of imidazole rings is 1. The summed E-state index contributed by atoms with van der Waals surface area (Å²) in [5.41, 5.74) is 2.85. The Kier molecular flexibility index (Phi) is 5.90. The lowest BCUT2D eigenvalue weighted by Gasteiger charge is -2.46. The van der Waals surface area contributed by atoms with E-state index in [9.17, 15) is 44.9 Å². The number of nitro benzene ring substituents is 1. The first-order valence-corrected chi connectivity index (χ1v) is 12.8. The van der Waals surface area contributed by atoms with Crippen molar-refractivity contribution in [3.8, 4) is 17.0 Å². The number of aromatic hydroxyl groups is 1. The average molecular weight is 574 g/mol. The van der Waals surface area contributed by atoms with E-state index < -0.39 is 69.1 Å². The SMILES string of the molecule is NC(=O)C1=C(O)[C@@]2(O)C(=O)C3=C(O)c4c(ccc(Nc5ncc(-c6cccc([N+](=O)[O-])c6)[nH]5)c4O)C[C@H]3C[C@H]2CC1=O. The van der Waals surface area contributed by atoms with E-state index in [1.54, 1.807) is 18.2 Å². The number of primary amides is 1. The van der Waals surface area contributed by atoms with E-state index in [-0.39, 0.29) is 41.3 Å². The highest BCUT2D eigenvalue weighted by atomic mass is 16.6. The highest BCUT2D eigenvalue weighted by Crippen LogP contribution is 2.52. The van der Waals surface area contributed by atoms with Crippen molar-refractivity contribution in [3.05, 3.63) is 80.7 Å². The number of nitrogens with two attached hydrogens (primary N) is 1. The van der Waals surface area contributed by atoms with Gasteiger partial charge in [-0.05, 0) is 30.4 Å². The van der Waals surface area contributed by atoms with Gasteiger partial charge >= 0.3 is 0 Å².